The largest absolute Gasteiger partial charge is 0.463 e. The highest BCUT2D eigenvalue weighted by Crippen LogP contribution is 2.20. The van der Waals surface area contributed by atoms with Gasteiger partial charge in [-0.15, -0.1) is 5.10 Å². The van der Waals surface area contributed by atoms with Gasteiger partial charge in [0.15, 0.2) is 11.3 Å². The van der Waals surface area contributed by atoms with E-state index in [4.69, 9.17) is 4.74 Å². The zero-order valence-electron chi connectivity index (χ0n) is 13.5. The van der Waals surface area contributed by atoms with Crippen molar-refractivity contribution >= 4 is 23.7 Å². The van der Waals surface area contributed by atoms with Crippen LogP contribution in [0.1, 0.15) is 21.6 Å². The lowest BCUT2D eigenvalue weighted by Gasteiger charge is -2.11. The summed E-state index contributed by atoms with van der Waals surface area (Å²) in [7, 11) is 1.45. The number of anilines is 1. The van der Waals surface area contributed by atoms with Crippen molar-refractivity contribution in [2.45, 2.75) is 13.5 Å². The maximum atomic E-state index is 12.5. The molecule has 10 nitrogen and oxygen atoms in total. The number of rotatable bonds is 5. The number of fused-ring (bicyclic) bond motifs is 1. The second kappa shape index (κ2) is 6.51. The molecule has 3 rings (SSSR count). The summed E-state index contributed by atoms with van der Waals surface area (Å²) in [5, 5.41) is 10.2. The lowest BCUT2D eigenvalue weighted by Crippen LogP contribution is -2.27. The Balaban J connectivity index is 1.92. The third-order valence-electron chi connectivity index (χ3n) is 3.71. The standard InChI is InChI=1S/C15H14N6O4/c1-9-10(6-25-8-22)4-3-5-11(9)17-14(23)12-13-18-19-20(2)15(24)21(13)7-16-12/h3-5,7-8H,6H2,1-2H3,(H,17,23). The molecule has 0 radical (unpaired) electrons. The quantitative estimate of drug-likeness (QED) is 0.651. The molecule has 1 amide bonds. The van der Waals surface area contributed by atoms with Crippen LogP contribution in [-0.4, -0.2) is 36.8 Å². The molecule has 0 unspecified atom stereocenters. The predicted molar refractivity (Wildman–Crippen MR) is 86.0 cm³/mol. The van der Waals surface area contributed by atoms with Gasteiger partial charge in [-0.3, -0.25) is 9.59 Å². The average Bonchev–Trinajstić information content (AvgIpc) is 3.04. The van der Waals surface area contributed by atoms with Gasteiger partial charge in [-0.25, -0.2) is 14.2 Å². The fourth-order valence-electron chi connectivity index (χ4n) is 2.32. The van der Waals surface area contributed by atoms with E-state index < -0.39 is 11.6 Å². The van der Waals surface area contributed by atoms with Gasteiger partial charge >= 0.3 is 5.69 Å². The number of carbonyl (C=O) groups is 2. The maximum absolute atomic E-state index is 12.5. The highest BCUT2D eigenvalue weighted by Gasteiger charge is 2.18. The van der Waals surface area contributed by atoms with E-state index in [0.29, 0.717) is 12.2 Å². The highest BCUT2D eigenvalue weighted by atomic mass is 16.5. The molecular weight excluding hydrogens is 328 g/mol. The normalized spacial score (nSPS) is 10.6. The summed E-state index contributed by atoms with van der Waals surface area (Å²) in [5.74, 6) is -0.526. The van der Waals surface area contributed by atoms with Crippen molar-refractivity contribution in [3.8, 4) is 0 Å². The van der Waals surface area contributed by atoms with Crippen molar-refractivity contribution in [1.29, 1.82) is 0 Å². The van der Waals surface area contributed by atoms with Crippen LogP contribution in [-0.2, 0) is 23.2 Å². The smallest absolute Gasteiger partial charge is 0.352 e. The number of aryl methyl sites for hydroxylation is 1. The Morgan fingerprint density at radius 3 is 2.96 bits per heavy atom. The molecule has 0 saturated carbocycles. The molecule has 25 heavy (non-hydrogen) atoms. The predicted octanol–water partition coefficient (Wildman–Crippen LogP) is 0.0567. The molecule has 2 aromatic heterocycles. The molecule has 10 heteroatoms. The third-order valence-corrected chi connectivity index (χ3v) is 3.71. The molecule has 0 aliphatic heterocycles. The van der Waals surface area contributed by atoms with Crippen LogP contribution in [0.25, 0.3) is 5.65 Å². The second-order valence-electron chi connectivity index (χ2n) is 5.23. The Bertz CT molecular complexity index is 1020. The van der Waals surface area contributed by atoms with Crippen molar-refractivity contribution in [1.82, 2.24) is 24.4 Å². The minimum atomic E-state index is -0.526. The van der Waals surface area contributed by atoms with Gasteiger partial charge in [0.05, 0.1) is 0 Å². The van der Waals surface area contributed by atoms with Gasteiger partial charge in [-0.1, -0.05) is 17.3 Å². The number of amides is 1. The number of ether oxygens (including phenoxy) is 1. The lowest BCUT2D eigenvalue weighted by atomic mass is 10.1. The number of hydrogen-bond acceptors (Lipinski definition) is 7. The van der Waals surface area contributed by atoms with E-state index in [2.05, 4.69) is 20.6 Å². The molecule has 3 aromatic rings. The van der Waals surface area contributed by atoms with Crippen LogP contribution < -0.4 is 11.0 Å². The molecule has 0 fully saturated rings. The second-order valence-corrected chi connectivity index (χ2v) is 5.23. The Morgan fingerprint density at radius 1 is 1.40 bits per heavy atom. The van der Waals surface area contributed by atoms with Gasteiger partial charge in [-0.05, 0) is 24.1 Å². The van der Waals surface area contributed by atoms with E-state index in [0.717, 1.165) is 20.2 Å². The SMILES string of the molecule is Cc1c(COC=O)cccc1NC(=O)c1ncn2c(=O)n(C)nnc12. The lowest BCUT2D eigenvalue weighted by molar-refractivity contribution is -0.129. The maximum Gasteiger partial charge on any atom is 0.352 e. The van der Waals surface area contributed by atoms with Gasteiger partial charge in [0, 0.05) is 12.7 Å². The Labute approximate surface area is 141 Å². The molecule has 0 aliphatic rings. The van der Waals surface area contributed by atoms with E-state index in [-0.39, 0.29) is 17.9 Å². The number of nitrogens with one attached hydrogen (secondary N) is 1. The Kier molecular flexibility index (Phi) is 4.25. The fourth-order valence-corrected chi connectivity index (χ4v) is 2.32. The Hall–Kier alpha value is -3.56. The number of nitrogens with zero attached hydrogens (tertiary/aromatic N) is 5. The molecule has 0 aliphatic carbocycles. The van der Waals surface area contributed by atoms with Crippen LogP contribution in [0.4, 0.5) is 5.69 Å². The average molecular weight is 342 g/mol. The van der Waals surface area contributed by atoms with Crippen molar-refractivity contribution in [3.05, 3.63) is 51.8 Å². The summed E-state index contributed by atoms with van der Waals surface area (Å²) in [6.45, 7) is 2.26. The zero-order valence-corrected chi connectivity index (χ0v) is 13.5. The number of carbonyl (C=O) groups excluding carboxylic acids is 2. The van der Waals surface area contributed by atoms with Gasteiger partial charge in [0.1, 0.15) is 12.9 Å². The summed E-state index contributed by atoms with van der Waals surface area (Å²) < 4.78 is 6.93. The van der Waals surface area contributed by atoms with E-state index in [1.54, 1.807) is 25.1 Å². The molecule has 2 heterocycles. The zero-order chi connectivity index (χ0) is 18.0. The summed E-state index contributed by atoms with van der Waals surface area (Å²) in [4.78, 5) is 38.7. The van der Waals surface area contributed by atoms with Crippen molar-refractivity contribution < 1.29 is 14.3 Å². The molecule has 0 spiro atoms. The van der Waals surface area contributed by atoms with Crippen LogP contribution in [0.3, 0.4) is 0 Å². The molecular formula is C15H14N6O4. The van der Waals surface area contributed by atoms with Crippen LogP contribution in [0, 0.1) is 6.92 Å². The first kappa shape index (κ1) is 16.3. The van der Waals surface area contributed by atoms with Crippen molar-refractivity contribution in [3.63, 3.8) is 0 Å². The molecule has 0 atom stereocenters. The van der Waals surface area contributed by atoms with Gasteiger partial charge < -0.3 is 10.1 Å². The van der Waals surface area contributed by atoms with Crippen molar-refractivity contribution in [2.75, 3.05) is 5.32 Å². The topological polar surface area (TPSA) is 120 Å². The molecule has 0 bridgehead atoms. The molecule has 0 saturated heterocycles. The summed E-state index contributed by atoms with van der Waals surface area (Å²) in [6.07, 6.45) is 1.22. The first-order valence-electron chi connectivity index (χ1n) is 7.25. The molecule has 1 aromatic carbocycles. The monoisotopic (exact) mass is 342 g/mol. The molecule has 128 valence electrons. The third kappa shape index (κ3) is 2.96. The van der Waals surface area contributed by atoms with E-state index >= 15 is 0 Å². The highest BCUT2D eigenvalue weighted by molar-refractivity contribution is 6.07. The minimum Gasteiger partial charge on any atom is -0.463 e. The first-order valence-corrected chi connectivity index (χ1v) is 7.25. The van der Waals surface area contributed by atoms with Crippen LogP contribution in [0.2, 0.25) is 0 Å². The van der Waals surface area contributed by atoms with Crippen LogP contribution >= 0.6 is 0 Å². The Morgan fingerprint density at radius 2 is 2.20 bits per heavy atom. The van der Waals surface area contributed by atoms with Gasteiger partial charge in [0.25, 0.3) is 12.4 Å². The van der Waals surface area contributed by atoms with E-state index in [9.17, 15) is 14.4 Å². The van der Waals surface area contributed by atoms with Crippen molar-refractivity contribution in [2.24, 2.45) is 7.05 Å². The van der Waals surface area contributed by atoms with Crippen LogP contribution in [0.5, 0.6) is 0 Å². The number of benzene rings is 1. The number of hydrogen-bond donors (Lipinski definition) is 1. The summed E-state index contributed by atoms with van der Waals surface area (Å²) in [6, 6.07) is 5.23. The van der Waals surface area contributed by atoms with E-state index in [1.807, 2.05) is 0 Å². The minimum absolute atomic E-state index is 0.0147. The molecule has 1 N–H and O–H groups in total. The van der Waals surface area contributed by atoms with Gasteiger partial charge in [-0.2, -0.15) is 4.68 Å². The van der Waals surface area contributed by atoms with E-state index in [1.165, 1.54) is 13.4 Å². The first-order chi connectivity index (χ1) is 12.0. The summed E-state index contributed by atoms with van der Waals surface area (Å²) in [5.41, 5.74) is 1.64. The number of aromatic nitrogens is 5. The summed E-state index contributed by atoms with van der Waals surface area (Å²) >= 11 is 0. The fraction of sp³-hybridized carbons (Fsp3) is 0.200. The van der Waals surface area contributed by atoms with Crippen LogP contribution in [0.15, 0.2) is 29.3 Å². The van der Waals surface area contributed by atoms with Gasteiger partial charge in [0.2, 0.25) is 0 Å². The number of imidazole rings is 1.